The lowest BCUT2D eigenvalue weighted by Gasteiger charge is -2.00. The van der Waals surface area contributed by atoms with Crippen molar-refractivity contribution in [1.29, 1.82) is 0 Å². The second-order valence-corrected chi connectivity index (χ2v) is 5.23. The van der Waals surface area contributed by atoms with E-state index in [1.165, 1.54) is 0 Å². The predicted molar refractivity (Wildman–Crippen MR) is 77.2 cm³/mol. The van der Waals surface area contributed by atoms with Crippen LogP contribution in [0.1, 0.15) is 0 Å². The van der Waals surface area contributed by atoms with Crippen molar-refractivity contribution in [3.63, 3.8) is 0 Å². The number of hydrogen-bond acceptors (Lipinski definition) is 4. The van der Waals surface area contributed by atoms with Gasteiger partial charge in [0.15, 0.2) is 0 Å². The fourth-order valence-corrected chi connectivity index (χ4v) is 2.21. The minimum Gasteiger partial charge on any atom is -0.398 e. The molecule has 4 nitrogen and oxygen atoms in total. The number of rotatable bonds is 2. The average Bonchev–Trinajstić information content (AvgIpc) is 2.90. The van der Waals surface area contributed by atoms with Gasteiger partial charge < -0.3 is 10.3 Å². The van der Waals surface area contributed by atoms with Crippen LogP contribution in [-0.4, -0.2) is 10.1 Å². The Morgan fingerprint density at radius 1 is 1.05 bits per heavy atom. The summed E-state index contributed by atoms with van der Waals surface area (Å²) in [5.41, 5.74) is 7.04. The van der Waals surface area contributed by atoms with Crippen LogP contribution in [0.15, 0.2) is 45.4 Å². The summed E-state index contributed by atoms with van der Waals surface area (Å²) in [5, 5.41) is 3.73. The zero-order chi connectivity index (χ0) is 15.0. The van der Waals surface area contributed by atoms with Gasteiger partial charge in [-0.3, -0.25) is 0 Å². The molecule has 0 aliphatic heterocycles. The van der Waals surface area contributed by atoms with Crippen molar-refractivity contribution < 1.29 is 13.3 Å². The van der Waals surface area contributed by atoms with E-state index >= 15 is 0 Å². The molecule has 21 heavy (non-hydrogen) atoms. The van der Waals surface area contributed by atoms with Gasteiger partial charge in [0, 0.05) is 21.8 Å². The zero-order valence-electron chi connectivity index (χ0n) is 10.5. The van der Waals surface area contributed by atoms with Gasteiger partial charge in [0.05, 0.1) is 5.56 Å². The topological polar surface area (TPSA) is 64.9 Å². The summed E-state index contributed by atoms with van der Waals surface area (Å²) in [4.78, 5) is 4.12. The lowest BCUT2D eigenvalue weighted by molar-refractivity contribution is 0.432. The minimum absolute atomic E-state index is 0.0859. The third-order valence-electron chi connectivity index (χ3n) is 2.79. The van der Waals surface area contributed by atoms with E-state index in [-0.39, 0.29) is 17.3 Å². The molecule has 0 atom stereocenters. The molecule has 0 amide bonds. The van der Waals surface area contributed by atoms with Crippen molar-refractivity contribution in [3.8, 4) is 22.8 Å². The first-order valence-electron chi connectivity index (χ1n) is 5.88. The fraction of sp³-hybridized carbons (Fsp3) is 0. The molecular formula is C14H8BrF2N3O. The average molecular weight is 352 g/mol. The van der Waals surface area contributed by atoms with Crippen LogP contribution in [0.3, 0.4) is 0 Å². The Hall–Kier alpha value is -2.28. The molecule has 1 aromatic heterocycles. The first kappa shape index (κ1) is 13.7. The molecule has 0 aliphatic rings. The SMILES string of the molecule is Nc1ccc(Br)cc1-c1nc(-c2cc(F)cc(F)c2)no1. The lowest BCUT2D eigenvalue weighted by Crippen LogP contribution is -1.90. The molecule has 7 heteroatoms. The summed E-state index contributed by atoms with van der Waals surface area (Å²) < 4.78 is 32.3. The maximum Gasteiger partial charge on any atom is 0.260 e. The number of nitrogens with zero attached hydrogens (tertiary/aromatic N) is 2. The number of anilines is 1. The Morgan fingerprint density at radius 2 is 1.76 bits per heavy atom. The molecule has 106 valence electrons. The van der Waals surface area contributed by atoms with Crippen molar-refractivity contribution in [3.05, 3.63) is 52.5 Å². The smallest absolute Gasteiger partial charge is 0.260 e. The second-order valence-electron chi connectivity index (χ2n) is 4.31. The maximum atomic E-state index is 13.2. The van der Waals surface area contributed by atoms with Crippen molar-refractivity contribution in [2.45, 2.75) is 0 Å². The lowest BCUT2D eigenvalue weighted by atomic mass is 10.2. The monoisotopic (exact) mass is 351 g/mol. The maximum absolute atomic E-state index is 13.2. The molecule has 3 rings (SSSR count). The number of aromatic nitrogens is 2. The number of benzene rings is 2. The molecule has 0 unspecified atom stereocenters. The Bertz CT molecular complexity index is 799. The second kappa shape index (κ2) is 5.25. The van der Waals surface area contributed by atoms with Crippen LogP contribution in [0.25, 0.3) is 22.8 Å². The summed E-state index contributed by atoms with van der Waals surface area (Å²) >= 11 is 3.32. The highest BCUT2D eigenvalue weighted by atomic mass is 79.9. The van der Waals surface area contributed by atoms with E-state index in [0.717, 1.165) is 22.7 Å². The summed E-state index contributed by atoms with van der Waals surface area (Å²) in [6.07, 6.45) is 0. The Balaban J connectivity index is 2.05. The molecular weight excluding hydrogens is 344 g/mol. The van der Waals surface area contributed by atoms with Gasteiger partial charge in [-0.05, 0) is 30.3 Å². The highest BCUT2D eigenvalue weighted by molar-refractivity contribution is 9.10. The van der Waals surface area contributed by atoms with E-state index < -0.39 is 11.6 Å². The summed E-state index contributed by atoms with van der Waals surface area (Å²) in [7, 11) is 0. The minimum atomic E-state index is -0.710. The van der Waals surface area contributed by atoms with Gasteiger partial charge in [-0.25, -0.2) is 8.78 Å². The Labute approximate surface area is 126 Å². The predicted octanol–water partition coefficient (Wildman–Crippen LogP) is 4.03. The molecule has 0 fully saturated rings. The molecule has 1 heterocycles. The highest BCUT2D eigenvalue weighted by Gasteiger charge is 2.14. The van der Waals surface area contributed by atoms with Gasteiger partial charge in [0.2, 0.25) is 5.82 Å². The Kier molecular flexibility index (Phi) is 3.42. The molecule has 0 saturated carbocycles. The molecule has 0 spiro atoms. The first-order valence-corrected chi connectivity index (χ1v) is 6.68. The molecule has 2 N–H and O–H groups in total. The summed E-state index contributed by atoms with van der Waals surface area (Å²) in [6.45, 7) is 0. The van der Waals surface area contributed by atoms with Crippen LogP contribution in [0.4, 0.5) is 14.5 Å². The van der Waals surface area contributed by atoms with Gasteiger partial charge in [-0.2, -0.15) is 4.98 Å². The van der Waals surface area contributed by atoms with Crippen LogP contribution in [-0.2, 0) is 0 Å². The van der Waals surface area contributed by atoms with Gasteiger partial charge >= 0.3 is 0 Å². The molecule has 0 aliphatic carbocycles. The van der Waals surface area contributed by atoms with Crippen molar-refractivity contribution >= 4 is 21.6 Å². The van der Waals surface area contributed by atoms with Crippen molar-refractivity contribution in [1.82, 2.24) is 10.1 Å². The number of halogens is 3. The third kappa shape index (κ3) is 2.78. The number of hydrogen-bond donors (Lipinski definition) is 1. The number of nitrogen functional groups attached to an aromatic ring is 1. The van der Waals surface area contributed by atoms with Gasteiger partial charge in [-0.15, -0.1) is 0 Å². The van der Waals surface area contributed by atoms with Gasteiger partial charge in [-0.1, -0.05) is 21.1 Å². The van der Waals surface area contributed by atoms with E-state index in [9.17, 15) is 8.78 Å². The molecule has 2 aromatic carbocycles. The first-order chi connectivity index (χ1) is 10.0. The molecule has 3 aromatic rings. The van der Waals surface area contributed by atoms with E-state index in [1.54, 1.807) is 18.2 Å². The van der Waals surface area contributed by atoms with E-state index in [0.29, 0.717) is 11.3 Å². The fourth-order valence-electron chi connectivity index (χ4n) is 1.85. The van der Waals surface area contributed by atoms with Gasteiger partial charge in [0.25, 0.3) is 5.89 Å². The van der Waals surface area contributed by atoms with E-state index in [2.05, 4.69) is 26.1 Å². The van der Waals surface area contributed by atoms with Crippen LogP contribution >= 0.6 is 15.9 Å². The normalized spacial score (nSPS) is 10.8. The van der Waals surface area contributed by atoms with Crippen molar-refractivity contribution in [2.24, 2.45) is 0 Å². The van der Waals surface area contributed by atoms with E-state index in [1.807, 2.05) is 0 Å². The third-order valence-corrected chi connectivity index (χ3v) is 3.29. The van der Waals surface area contributed by atoms with Gasteiger partial charge in [0.1, 0.15) is 11.6 Å². The Morgan fingerprint density at radius 3 is 2.48 bits per heavy atom. The van der Waals surface area contributed by atoms with Crippen molar-refractivity contribution in [2.75, 3.05) is 5.73 Å². The molecule has 0 radical (unpaired) electrons. The largest absolute Gasteiger partial charge is 0.398 e. The summed E-state index contributed by atoms with van der Waals surface area (Å²) in [6, 6.07) is 8.21. The van der Waals surface area contributed by atoms with Crippen LogP contribution in [0, 0.1) is 11.6 Å². The van der Waals surface area contributed by atoms with E-state index in [4.69, 9.17) is 10.3 Å². The summed E-state index contributed by atoms with van der Waals surface area (Å²) in [5.74, 6) is -1.16. The molecule has 0 saturated heterocycles. The molecule has 0 bridgehead atoms. The highest BCUT2D eigenvalue weighted by Crippen LogP contribution is 2.29. The quantitative estimate of drug-likeness (QED) is 0.708. The number of nitrogens with two attached hydrogens (primary N) is 1. The van der Waals surface area contributed by atoms with Crippen LogP contribution < -0.4 is 5.73 Å². The standard InChI is InChI=1S/C14H8BrF2N3O/c15-8-1-2-12(18)11(5-8)14-19-13(20-21-14)7-3-9(16)6-10(17)4-7/h1-6H,18H2. The van der Waals surface area contributed by atoms with Crippen LogP contribution in [0.5, 0.6) is 0 Å². The zero-order valence-corrected chi connectivity index (χ0v) is 12.1. The van der Waals surface area contributed by atoms with Crippen LogP contribution in [0.2, 0.25) is 0 Å².